The fourth-order valence-corrected chi connectivity index (χ4v) is 3.50. The van der Waals surface area contributed by atoms with Gasteiger partial charge in [0.1, 0.15) is 26.4 Å². The topological polar surface area (TPSA) is 158 Å². The Morgan fingerprint density at radius 3 is 1.18 bits per heavy atom. The van der Waals surface area contributed by atoms with Crippen LogP contribution >= 0.6 is 0 Å². The van der Waals surface area contributed by atoms with E-state index in [1.54, 1.807) is 13.8 Å². The van der Waals surface area contributed by atoms with Crippen LogP contribution in [0.3, 0.4) is 0 Å². The molecule has 2 aromatic carbocycles. The van der Waals surface area contributed by atoms with Gasteiger partial charge in [-0.1, -0.05) is 25.3 Å². The molecule has 2 rings (SSSR count). The molecule has 0 bridgehead atoms. The number of benzene rings is 2. The first kappa shape index (κ1) is 34.9. The molecule has 0 atom stereocenters. The van der Waals surface area contributed by atoms with E-state index in [-0.39, 0.29) is 73.0 Å². The summed E-state index contributed by atoms with van der Waals surface area (Å²) in [6.45, 7) is 12.2. The minimum atomic E-state index is -0.889. The fraction of sp³-hybridized carbons (Fsp3) is 0.312. The van der Waals surface area contributed by atoms with Gasteiger partial charge in [-0.15, -0.1) is 0 Å². The molecule has 0 aliphatic rings. The molecular formula is C32H34O12. The molecule has 0 saturated carbocycles. The zero-order chi connectivity index (χ0) is 32.8. The van der Waals surface area contributed by atoms with E-state index in [0.29, 0.717) is 11.1 Å². The van der Waals surface area contributed by atoms with Gasteiger partial charge in [0.05, 0.1) is 35.5 Å². The number of ether oxygens (including phenoxy) is 6. The maximum atomic E-state index is 13.0. The number of hydrogen-bond acceptors (Lipinski definition) is 12. The van der Waals surface area contributed by atoms with Gasteiger partial charge in [0.25, 0.3) is 0 Å². The van der Waals surface area contributed by atoms with E-state index in [4.69, 9.17) is 28.4 Å². The minimum absolute atomic E-state index is 0.0281. The van der Waals surface area contributed by atoms with E-state index in [1.807, 2.05) is 0 Å². The molecule has 0 aromatic heterocycles. The Hall–Kier alpha value is -5.26. The number of esters is 6. The van der Waals surface area contributed by atoms with Gasteiger partial charge in [-0.2, -0.15) is 0 Å². The Bertz CT molecular complexity index is 1450. The van der Waals surface area contributed by atoms with Crippen molar-refractivity contribution in [1.82, 2.24) is 0 Å². The Morgan fingerprint density at radius 1 is 0.500 bits per heavy atom. The first-order valence-corrected chi connectivity index (χ1v) is 13.5. The van der Waals surface area contributed by atoms with Gasteiger partial charge in [-0.25, -0.2) is 28.8 Å². The van der Waals surface area contributed by atoms with Gasteiger partial charge in [0.2, 0.25) is 0 Å². The summed E-state index contributed by atoms with van der Waals surface area (Å²) in [7, 11) is 0. The molecule has 0 unspecified atom stereocenters. The van der Waals surface area contributed by atoms with Crippen molar-refractivity contribution in [3.05, 3.63) is 83.0 Å². The maximum absolute atomic E-state index is 13.0. The molecule has 0 fully saturated rings. The van der Waals surface area contributed by atoms with Crippen molar-refractivity contribution in [3.8, 4) is 11.1 Å². The first-order valence-electron chi connectivity index (χ1n) is 13.5. The van der Waals surface area contributed by atoms with Crippen molar-refractivity contribution >= 4 is 35.8 Å². The summed E-state index contributed by atoms with van der Waals surface area (Å²) in [6, 6.07) is 8.48. The van der Waals surface area contributed by atoms with Crippen LogP contribution in [0.4, 0.5) is 0 Å². The van der Waals surface area contributed by atoms with Gasteiger partial charge in [-0.3, -0.25) is 0 Å². The molecule has 0 amide bonds. The second-order valence-corrected chi connectivity index (χ2v) is 9.07. The van der Waals surface area contributed by atoms with Crippen molar-refractivity contribution < 1.29 is 57.2 Å². The molecular weight excluding hydrogens is 576 g/mol. The van der Waals surface area contributed by atoms with E-state index >= 15 is 0 Å². The summed E-state index contributed by atoms with van der Waals surface area (Å²) in [6.07, 6.45) is 0. The van der Waals surface area contributed by atoms with Gasteiger partial charge in [0.15, 0.2) is 0 Å². The zero-order valence-electron chi connectivity index (χ0n) is 25.0. The summed E-state index contributed by atoms with van der Waals surface area (Å²) < 4.78 is 30.4. The third-order valence-electron chi connectivity index (χ3n) is 5.60. The van der Waals surface area contributed by atoms with Crippen LogP contribution in [0.15, 0.2) is 60.7 Å². The highest BCUT2D eigenvalue weighted by molar-refractivity contribution is 6.06. The zero-order valence-corrected chi connectivity index (χ0v) is 25.0. The normalized spacial score (nSPS) is 10.2. The molecule has 0 aliphatic carbocycles. The molecule has 0 saturated heterocycles. The van der Waals surface area contributed by atoms with Crippen LogP contribution in [0.1, 0.15) is 69.1 Å². The monoisotopic (exact) mass is 610 g/mol. The Kier molecular flexibility index (Phi) is 13.5. The number of carbonyl (C=O) groups is 6. The largest absolute Gasteiger partial charge is 0.462 e. The third-order valence-corrected chi connectivity index (χ3v) is 5.60. The van der Waals surface area contributed by atoms with Gasteiger partial charge >= 0.3 is 35.8 Å². The van der Waals surface area contributed by atoms with E-state index in [2.05, 4.69) is 13.2 Å². The van der Waals surface area contributed by atoms with Crippen LogP contribution < -0.4 is 0 Å². The molecule has 0 aliphatic heterocycles. The maximum Gasteiger partial charge on any atom is 0.339 e. The Labute approximate surface area is 254 Å². The SMILES string of the molecule is C=C(C)C(=O)OCCOC(=O)c1ccc(-c2ccc(C(=O)OCC)c(C(=O)OCCOC(=O)C(=C)C)c2)cc1C(=O)OCC. The third kappa shape index (κ3) is 9.93. The molecule has 0 spiro atoms. The summed E-state index contributed by atoms with van der Waals surface area (Å²) in [4.78, 5) is 74.2. The lowest BCUT2D eigenvalue weighted by molar-refractivity contribution is -0.140. The average molecular weight is 611 g/mol. The molecule has 2 aromatic rings. The molecule has 44 heavy (non-hydrogen) atoms. The number of hydrogen-bond donors (Lipinski definition) is 0. The van der Waals surface area contributed by atoms with E-state index < -0.39 is 35.8 Å². The fourth-order valence-electron chi connectivity index (χ4n) is 3.50. The van der Waals surface area contributed by atoms with Crippen LogP contribution in [0.5, 0.6) is 0 Å². The van der Waals surface area contributed by atoms with Crippen LogP contribution in [0.2, 0.25) is 0 Å². The first-order chi connectivity index (χ1) is 20.9. The van der Waals surface area contributed by atoms with Crippen molar-refractivity contribution in [1.29, 1.82) is 0 Å². The van der Waals surface area contributed by atoms with Crippen LogP contribution in [-0.4, -0.2) is 75.5 Å². The predicted molar refractivity (Wildman–Crippen MR) is 156 cm³/mol. The standard InChI is InChI=1S/C32H34O12/c1-7-39-29(35)23-11-9-22(18-26(23)32(38)44-16-14-42-28(34)20(5)6)21-10-12-24(25(17-21)31(37)40-8-2)30(36)43-15-13-41-27(33)19(3)4/h9-12,17-18H,3,5,7-8,13-16H2,1-2,4,6H3. The van der Waals surface area contributed by atoms with E-state index in [1.165, 1.54) is 50.2 Å². The second-order valence-electron chi connectivity index (χ2n) is 9.07. The molecule has 0 N–H and O–H groups in total. The van der Waals surface area contributed by atoms with E-state index in [9.17, 15) is 28.8 Å². The average Bonchev–Trinajstić information content (AvgIpc) is 3.00. The summed E-state index contributed by atoms with van der Waals surface area (Å²) in [5.41, 5.74) is 0.703. The summed E-state index contributed by atoms with van der Waals surface area (Å²) in [5, 5.41) is 0. The predicted octanol–water partition coefficient (Wildman–Crippen LogP) is 4.26. The Morgan fingerprint density at radius 2 is 0.818 bits per heavy atom. The summed E-state index contributed by atoms with van der Waals surface area (Å²) >= 11 is 0. The lowest BCUT2D eigenvalue weighted by Gasteiger charge is -2.14. The summed E-state index contributed by atoms with van der Waals surface area (Å²) in [5.74, 6) is -4.60. The highest BCUT2D eigenvalue weighted by atomic mass is 16.6. The van der Waals surface area contributed by atoms with Crippen LogP contribution in [0.25, 0.3) is 11.1 Å². The van der Waals surface area contributed by atoms with Crippen LogP contribution in [0, 0.1) is 0 Å². The molecule has 0 radical (unpaired) electrons. The van der Waals surface area contributed by atoms with Gasteiger partial charge in [-0.05, 0) is 63.1 Å². The highest BCUT2D eigenvalue weighted by Crippen LogP contribution is 2.27. The van der Waals surface area contributed by atoms with Crippen molar-refractivity contribution in [2.75, 3.05) is 39.6 Å². The highest BCUT2D eigenvalue weighted by Gasteiger charge is 2.24. The minimum Gasteiger partial charge on any atom is -0.462 e. The Balaban J connectivity index is 2.38. The van der Waals surface area contributed by atoms with Crippen molar-refractivity contribution in [2.24, 2.45) is 0 Å². The lowest BCUT2D eigenvalue weighted by Crippen LogP contribution is -2.18. The lowest BCUT2D eigenvalue weighted by atomic mass is 9.95. The molecule has 12 nitrogen and oxygen atoms in total. The number of carbonyl (C=O) groups excluding carboxylic acids is 6. The van der Waals surface area contributed by atoms with E-state index in [0.717, 1.165) is 0 Å². The molecule has 0 heterocycles. The van der Waals surface area contributed by atoms with Gasteiger partial charge in [0, 0.05) is 11.1 Å². The van der Waals surface area contributed by atoms with Gasteiger partial charge < -0.3 is 28.4 Å². The van der Waals surface area contributed by atoms with Crippen LogP contribution in [-0.2, 0) is 38.0 Å². The molecule has 234 valence electrons. The molecule has 12 heteroatoms. The van der Waals surface area contributed by atoms with Crippen molar-refractivity contribution in [3.63, 3.8) is 0 Å². The number of rotatable bonds is 15. The quantitative estimate of drug-likeness (QED) is 0.122. The van der Waals surface area contributed by atoms with Crippen molar-refractivity contribution in [2.45, 2.75) is 27.7 Å². The smallest absolute Gasteiger partial charge is 0.339 e. The second kappa shape index (κ2) is 17.0.